The second-order valence-corrected chi connectivity index (χ2v) is 9.48. The number of hydrogen-bond acceptors (Lipinski definition) is 6. The van der Waals surface area contributed by atoms with Crippen molar-refractivity contribution in [3.05, 3.63) is 72.1 Å². The summed E-state index contributed by atoms with van der Waals surface area (Å²) in [7, 11) is -4.24. The summed E-state index contributed by atoms with van der Waals surface area (Å²) in [5.41, 5.74) is 1.15. The molecule has 1 aliphatic rings. The minimum atomic E-state index is -4.24. The van der Waals surface area contributed by atoms with Gasteiger partial charge in [0, 0.05) is 12.5 Å². The molecule has 35 heavy (non-hydrogen) atoms. The first-order chi connectivity index (χ1) is 16.5. The number of aryl methyl sites for hydroxylation is 1. The van der Waals surface area contributed by atoms with Crippen LogP contribution in [0, 0.1) is 18.6 Å². The number of nitrogens with zero attached hydrogens (tertiary/aromatic N) is 3. The van der Waals surface area contributed by atoms with Crippen LogP contribution < -0.4 is 14.9 Å². The molecule has 0 saturated carbocycles. The van der Waals surface area contributed by atoms with E-state index in [9.17, 15) is 31.6 Å². The molecule has 182 valence electrons. The molecule has 4 amide bonds. The van der Waals surface area contributed by atoms with Gasteiger partial charge in [-0.1, -0.05) is 12.1 Å². The predicted molar refractivity (Wildman–Crippen MR) is 119 cm³/mol. The lowest BCUT2D eigenvalue weighted by molar-refractivity contribution is -0.120. The Bertz CT molecular complexity index is 1440. The van der Waals surface area contributed by atoms with Gasteiger partial charge in [0.2, 0.25) is 5.91 Å². The van der Waals surface area contributed by atoms with E-state index < -0.39 is 57.7 Å². The number of aromatic nitrogens is 2. The molecule has 2 N–H and O–H groups in total. The lowest BCUT2D eigenvalue weighted by Crippen LogP contribution is -2.34. The van der Waals surface area contributed by atoms with Gasteiger partial charge < -0.3 is 5.32 Å². The fourth-order valence-electron chi connectivity index (χ4n) is 3.51. The van der Waals surface area contributed by atoms with Crippen molar-refractivity contribution in [1.82, 2.24) is 19.8 Å². The van der Waals surface area contributed by atoms with Gasteiger partial charge in [0.25, 0.3) is 15.9 Å². The zero-order valence-electron chi connectivity index (χ0n) is 18.2. The summed E-state index contributed by atoms with van der Waals surface area (Å²) in [6.07, 6.45) is 1.67. The molecule has 3 aromatic rings. The van der Waals surface area contributed by atoms with Gasteiger partial charge >= 0.3 is 6.03 Å². The summed E-state index contributed by atoms with van der Waals surface area (Å²) in [6.45, 7) is 1.87. The third-order valence-corrected chi connectivity index (χ3v) is 6.54. The van der Waals surface area contributed by atoms with Crippen LogP contribution in [0.15, 0.2) is 59.8 Å². The van der Waals surface area contributed by atoms with Crippen LogP contribution in [0.3, 0.4) is 0 Å². The number of anilines is 1. The highest BCUT2D eigenvalue weighted by molar-refractivity contribution is 7.90. The Hall–Kier alpha value is -4.13. The molecule has 1 aliphatic heterocycles. The number of imide groups is 1. The molecule has 1 atom stereocenters. The molecule has 10 nitrogen and oxygen atoms in total. The fourth-order valence-corrected chi connectivity index (χ4v) is 4.45. The number of carbonyl (C=O) groups excluding carboxylic acids is 3. The van der Waals surface area contributed by atoms with E-state index in [0.29, 0.717) is 16.7 Å². The van der Waals surface area contributed by atoms with Gasteiger partial charge in [-0.2, -0.15) is 5.10 Å². The molecular weight excluding hydrogens is 484 g/mol. The van der Waals surface area contributed by atoms with Crippen molar-refractivity contribution in [3.63, 3.8) is 0 Å². The Kier molecular flexibility index (Phi) is 6.35. The minimum Gasteiger partial charge on any atom is -0.325 e. The highest BCUT2D eigenvalue weighted by Gasteiger charge is 2.40. The lowest BCUT2D eigenvalue weighted by Gasteiger charge is -2.14. The lowest BCUT2D eigenvalue weighted by atomic mass is 10.1. The zero-order chi connectivity index (χ0) is 25.3. The van der Waals surface area contributed by atoms with Crippen LogP contribution >= 0.6 is 0 Å². The van der Waals surface area contributed by atoms with Crippen molar-refractivity contribution in [3.8, 4) is 5.69 Å². The minimum absolute atomic E-state index is 0.240. The van der Waals surface area contributed by atoms with E-state index in [-0.39, 0.29) is 11.3 Å². The predicted octanol–water partition coefficient (Wildman–Crippen LogP) is 2.17. The number of benzene rings is 2. The fraction of sp³-hybridized carbons (Fsp3) is 0.182. The van der Waals surface area contributed by atoms with Crippen LogP contribution in [0.4, 0.5) is 19.3 Å². The highest BCUT2D eigenvalue weighted by Crippen LogP contribution is 2.25. The van der Waals surface area contributed by atoms with Crippen LogP contribution in [-0.4, -0.2) is 42.1 Å². The van der Waals surface area contributed by atoms with Crippen LogP contribution in [0.1, 0.15) is 18.4 Å². The second kappa shape index (κ2) is 9.25. The van der Waals surface area contributed by atoms with E-state index in [2.05, 4.69) is 10.4 Å². The molecule has 2 heterocycles. The molecular formula is C22H19F2N5O5S. The molecule has 4 rings (SSSR count). The number of urea groups is 1. The summed E-state index contributed by atoms with van der Waals surface area (Å²) in [5, 5.41) is 6.32. The summed E-state index contributed by atoms with van der Waals surface area (Å²) < 4.78 is 55.5. The second-order valence-electron chi connectivity index (χ2n) is 7.80. The van der Waals surface area contributed by atoms with Crippen molar-refractivity contribution in [2.45, 2.75) is 30.7 Å². The van der Waals surface area contributed by atoms with Crippen LogP contribution in [0.25, 0.3) is 5.69 Å². The summed E-state index contributed by atoms with van der Waals surface area (Å²) >= 11 is 0. The maximum Gasteiger partial charge on any atom is 0.329 e. The highest BCUT2D eigenvalue weighted by atomic mass is 32.2. The van der Waals surface area contributed by atoms with Gasteiger partial charge in [-0.25, -0.2) is 36.3 Å². The Morgan fingerprint density at radius 3 is 2.66 bits per heavy atom. The van der Waals surface area contributed by atoms with Crippen molar-refractivity contribution in [2.24, 2.45) is 0 Å². The number of amides is 4. The zero-order valence-corrected chi connectivity index (χ0v) is 19.1. The maximum atomic E-state index is 14.0. The first-order valence-corrected chi connectivity index (χ1v) is 11.8. The van der Waals surface area contributed by atoms with Crippen molar-refractivity contribution < 1.29 is 31.6 Å². The van der Waals surface area contributed by atoms with Crippen molar-refractivity contribution in [2.75, 3.05) is 4.90 Å². The Morgan fingerprint density at radius 2 is 1.94 bits per heavy atom. The van der Waals surface area contributed by atoms with E-state index in [0.717, 1.165) is 23.9 Å². The number of carbonyl (C=O) groups is 3. The van der Waals surface area contributed by atoms with Gasteiger partial charge in [0.15, 0.2) is 0 Å². The Morgan fingerprint density at radius 1 is 1.17 bits per heavy atom. The third-order valence-electron chi connectivity index (χ3n) is 5.21. The van der Waals surface area contributed by atoms with Gasteiger partial charge in [0.05, 0.1) is 23.8 Å². The SMILES string of the molecule is Cc1cccc(-n2cc(S(=O)(=O)NC(=O)CCC3NC(=O)N(c4ccc(F)cc4F)C3=O)cn2)c1. The third kappa shape index (κ3) is 5.04. The van der Waals surface area contributed by atoms with E-state index in [4.69, 9.17) is 0 Å². The smallest absolute Gasteiger partial charge is 0.325 e. The molecule has 1 unspecified atom stereocenters. The monoisotopic (exact) mass is 503 g/mol. The largest absolute Gasteiger partial charge is 0.329 e. The molecule has 0 spiro atoms. The normalized spacial score (nSPS) is 15.9. The van der Waals surface area contributed by atoms with Crippen molar-refractivity contribution in [1.29, 1.82) is 0 Å². The summed E-state index contributed by atoms with van der Waals surface area (Å²) in [4.78, 5) is 37.3. The maximum absolute atomic E-state index is 14.0. The first kappa shape index (κ1) is 24.0. The molecule has 0 radical (unpaired) electrons. The average Bonchev–Trinajstić information content (AvgIpc) is 3.38. The van der Waals surface area contributed by atoms with E-state index in [1.165, 1.54) is 10.9 Å². The molecule has 1 saturated heterocycles. The molecule has 0 aliphatic carbocycles. The number of nitrogens with one attached hydrogen (secondary N) is 2. The van der Waals surface area contributed by atoms with E-state index in [1.807, 2.05) is 17.7 Å². The Labute approximate surface area is 198 Å². The average molecular weight is 503 g/mol. The van der Waals surface area contributed by atoms with Crippen LogP contribution in [-0.2, 0) is 19.6 Å². The number of hydrogen-bond donors (Lipinski definition) is 2. The number of halogens is 2. The molecule has 1 aromatic heterocycles. The van der Waals surface area contributed by atoms with E-state index in [1.54, 1.807) is 18.2 Å². The van der Waals surface area contributed by atoms with Crippen molar-refractivity contribution >= 4 is 33.6 Å². The van der Waals surface area contributed by atoms with Gasteiger partial charge in [-0.05, 0) is 43.2 Å². The molecule has 0 bridgehead atoms. The standard InChI is InChI=1S/C22H19F2N5O5S/c1-13-3-2-4-15(9-13)28-12-16(11-25-28)35(33,34)27-20(30)8-6-18-21(31)29(22(32)26-18)19-7-5-14(23)10-17(19)24/h2-5,7,9-12,18H,6,8H2,1H3,(H,26,32)(H,27,30). The summed E-state index contributed by atoms with van der Waals surface area (Å²) in [5.74, 6) is -3.75. The van der Waals surface area contributed by atoms with Crippen LogP contribution in [0.2, 0.25) is 0 Å². The molecule has 13 heteroatoms. The molecule has 2 aromatic carbocycles. The first-order valence-electron chi connectivity index (χ1n) is 10.3. The van der Waals surface area contributed by atoms with Gasteiger partial charge in [-0.3, -0.25) is 9.59 Å². The van der Waals surface area contributed by atoms with Gasteiger partial charge in [0.1, 0.15) is 22.6 Å². The van der Waals surface area contributed by atoms with Crippen LogP contribution in [0.5, 0.6) is 0 Å². The van der Waals surface area contributed by atoms with E-state index >= 15 is 0 Å². The Balaban J connectivity index is 1.38. The topological polar surface area (TPSA) is 130 Å². The number of sulfonamides is 1. The summed E-state index contributed by atoms with van der Waals surface area (Å²) in [6, 6.07) is 7.44. The quantitative estimate of drug-likeness (QED) is 0.476. The van der Waals surface area contributed by atoms with Gasteiger partial charge in [-0.15, -0.1) is 0 Å². The molecule has 1 fully saturated rings. The number of rotatable bonds is 7.